The summed E-state index contributed by atoms with van der Waals surface area (Å²) in [5.74, 6) is -1.84. The van der Waals surface area contributed by atoms with Crippen LogP contribution < -0.4 is 5.73 Å². The van der Waals surface area contributed by atoms with E-state index >= 15 is 0 Å². The maximum Gasteiger partial charge on any atom is 0.321 e. The molecule has 0 saturated heterocycles. The van der Waals surface area contributed by atoms with Gasteiger partial charge in [0.05, 0.1) is 0 Å². The molecule has 0 fully saturated rings. The van der Waals surface area contributed by atoms with Crippen LogP contribution in [0.4, 0.5) is 8.78 Å². The average Bonchev–Trinajstić information content (AvgIpc) is 2.15. The van der Waals surface area contributed by atoms with E-state index in [1.807, 2.05) is 0 Å². The van der Waals surface area contributed by atoms with Crippen LogP contribution >= 0.6 is 11.8 Å². The fraction of sp³-hybridized carbons (Fsp3) is 0.300. The van der Waals surface area contributed by atoms with E-state index in [1.54, 1.807) is 0 Å². The number of carboxylic acids is 1. The molecule has 0 amide bonds. The summed E-state index contributed by atoms with van der Waals surface area (Å²) >= 11 is 1.22. The molecule has 88 valence electrons. The van der Waals surface area contributed by atoms with Gasteiger partial charge >= 0.3 is 5.97 Å². The van der Waals surface area contributed by atoms with Gasteiger partial charge < -0.3 is 10.8 Å². The molecule has 0 saturated carbocycles. The van der Waals surface area contributed by atoms with Gasteiger partial charge in [-0.3, -0.25) is 4.79 Å². The summed E-state index contributed by atoms with van der Waals surface area (Å²) in [6.07, 6.45) is 0. The van der Waals surface area contributed by atoms with Crippen molar-refractivity contribution >= 4 is 17.7 Å². The minimum absolute atomic E-state index is 0.202. The van der Waals surface area contributed by atoms with E-state index in [9.17, 15) is 13.6 Å². The number of aliphatic carboxylic acids is 1. The Morgan fingerprint density at radius 2 is 1.94 bits per heavy atom. The molecule has 0 spiro atoms. The van der Waals surface area contributed by atoms with Crippen molar-refractivity contribution in [3.63, 3.8) is 0 Å². The first kappa shape index (κ1) is 12.9. The number of hydrogen-bond acceptors (Lipinski definition) is 3. The highest BCUT2D eigenvalue weighted by Crippen LogP contribution is 2.15. The van der Waals surface area contributed by atoms with Gasteiger partial charge in [0.2, 0.25) is 0 Å². The third-order valence-electron chi connectivity index (χ3n) is 1.81. The average molecular weight is 247 g/mol. The molecule has 0 aliphatic carbocycles. The summed E-state index contributed by atoms with van der Waals surface area (Å²) in [5.41, 5.74) is 5.74. The molecule has 6 heteroatoms. The highest BCUT2D eigenvalue weighted by molar-refractivity contribution is 7.98. The molecular formula is C10H11F2NO2S. The second kappa shape index (κ2) is 5.81. The van der Waals surface area contributed by atoms with Crippen LogP contribution in [0.5, 0.6) is 0 Å². The predicted molar refractivity (Wildman–Crippen MR) is 58.1 cm³/mol. The molecule has 3 nitrogen and oxygen atoms in total. The summed E-state index contributed by atoms with van der Waals surface area (Å²) in [6.45, 7) is 0. The summed E-state index contributed by atoms with van der Waals surface area (Å²) in [6, 6.07) is 2.26. The minimum Gasteiger partial charge on any atom is -0.480 e. The van der Waals surface area contributed by atoms with Gasteiger partial charge in [0, 0.05) is 17.6 Å². The fourth-order valence-electron chi connectivity index (χ4n) is 1.07. The summed E-state index contributed by atoms with van der Waals surface area (Å²) < 4.78 is 25.5. The number of hydrogen-bond donors (Lipinski definition) is 2. The standard InChI is InChI=1S/C10H11F2NO2S/c11-7-1-6(2-8(12)3-7)4-16-5-9(13)10(14)15/h1-3,9H,4-5,13H2,(H,14,15)/t9-/m1/s1. The van der Waals surface area contributed by atoms with E-state index in [0.29, 0.717) is 11.3 Å². The first-order valence-corrected chi connectivity index (χ1v) is 5.65. The molecule has 0 aliphatic heterocycles. The van der Waals surface area contributed by atoms with Crippen molar-refractivity contribution in [2.24, 2.45) is 5.73 Å². The lowest BCUT2D eigenvalue weighted by Gasteiger charge is -2.06. The van der Waals surface area contributed by atoms with Crippen LogP contribution in [0.1, 0.15) is 5.56 Å². The van der Waals surface area contributed by atoms with Gasteiger partial charge in [-0.2, -0.15) is 11.8 Å². The SMILES string of the molecule is N[C@H](CSCc1cc(F)cc(F)c1)C(=O)O. The molecule has 0 unspecified atom stereocenters. The highest BCUT2D eigenvalue weighted by Gasteiger charge is 2.11. The lowest BCUT2D eigenvalue weighted by Crippen LogP contribution is -2.32. The predicted octanol–water partition coefficient (Wildman–Crippen LogP) is 1.61. The smallest absolute Gasteiger partial charge is 0.321 e. The number of nitrogens with two attached hydrogens (primary N) is 1. The molecule has 0 aromatic heterocycles. The van der Waals surface area contributed by atoms with E-state index in [0.717, 1.165) is 6.07 Å². The third kappa shape index (κ3) is 4.16. The Kier molecular flexibility index (Phi) is 4.70. The normalized spacial score (nSPS) is 12.4. The Morgan fingerprint density at radius 1 is 1.38 bits per heavy atom. The first-order valence-electron chi connectivity index (χ1n) is 4.50. The second-order valence-electron chi connectivity index (χ2n) is 3.24. The monoisotopic (exact) mass is 247 g/mol. The van der Waals surface area contributed by atoms with Gasteiger partial charge in [-0.15, -0.1) is 0 Å². The van der Waals surface area contributed by atoms with Crippen LogP contribution in [-0.4, -0.2) is 22.9 Å². The van der Waals surface area contributed by atoms with Crippen molar-refractivity contribution in [2.75, 3.05) is 5.75 Å². The number of rotatable bonds is 5. The topological polar surface area (TPSA) is 63.3 Å². The molecule has 0 radical (unpaired) electrons. The van der Waals surface area contributed by atoms with Gasteiger partial charge in [0.1, 0.15) is 17.7 Å². The van der Waals surface area contributed by atoms with Gasteiger partial charge in [0.25, 0.3) is 0 Å². The maximum absolute atomic E-state index is 12.8. The maximum atomic E-state index is 12.8. The van der Waals surface area contributed by atoms with Crippen LogP contribution in [-0.2, 0) is 10.5 Å². The van der Waals surface area contributed by atoms with E-state index < -0.39 is 23.6 Å². The Labute approximate surface area is 95.6 Å². The third-order valence-corrected chi connectivity index (χ3v) is 2.94. The summed E-state index contributed by atoms with van der Waals surface area (Å²) in [4.78, 5) is 10.4. The lowest BCUT2D eigenvalue weighted by molar-refractivity contribution is -0.137. The quantitative estimate of drug-likeness (QED) is 0.829. The molecule has 0 aliphatic rings. The van der Waals surface area contributed by atoms with Gasteiger partial charge in [-0.05, 0) is 17.7 Å². The van der Waals surface area contributed by atoms with Crippen LogP contribution in [0, 0.1) is 11.6 Å². The van der Waals surface area contributed by atoms with E-state index in [2.05, 4.69) is 0 Å². The number of thioether (sulfide) groups is 1. The molecule has 3 N–H and O–H groups in total. The van der Waals surface area contributed by atoms with Crippen LogP contribution in [0.3, 0.4) is 0 Å². The second-order valence-corrected chi connectivity index (χ2v) is 4.27. The van der Waals surface area contributed by atoms with Crippen molar-refractivity contribution in [1.29, 1.82) is 0 Å². The molecule has 1 atom stereocenters. The first-order chi connectivity index (χ1) is 7.49. The largest absolute Gasteiger partial charge is 0.480 e. The molecule has 0 bridgehead atoms. The Hall–Kier alpha value is -1.14. The zero-order valence-corrected chi connectivity index (χ0v) is 9.14. The molecule has 0 heterocycles. The van der Waals surface area contributed by atoms with Gasteiger partial charge in [0.15, 0.2) is 0 Å². The lowest BCUT2D eigenvalue weighted by atomic mass is 10.2. The van der Waals surface area contributed by atoms with E-state index in [4.69, 9.17) is 10.8 Å². The highest BCUT2D eigenvalue weighted by atomic mass is 32.2. The zero-order chi connectivity index (χ0) is 12.1. The van der Waals surface area contributed by atoms with Crippen molar-refractivity contribution in [1.82, 2.24) is 0 Å². The number of halogens is 2. The van der Waals surface area contributed by atoms with E-state index in [1.165, 1.54) is 23.9 Å². The number of carboxylic acid groups (broad SMARTS) is 1. The number of benzene rings is 1. The fourth-order valence-corrected chi connectivity index (χ4v) is 1.99. The molecule has 1 aromatic rings. The van der Waals surface area contributed by atoms with Crippen molar-refractivity contribution < 1.29 is 18.7 Å². The van der Waals surface area contributed by atoms with Crippen molar-refractivity contribution in [3.05, 3.63) is 35.4 Å². The van der Waals surface area contributed by atoms with Gasteiger partial charge in [-0.1, -0.05) is 0 Å². The molecular weight excluding hydrogens is 236 g/mol. The van der Waals surface area contributed by atoms with Crippen molar-refractivity contribution in [3.8, 4) is 0 Å². The van der Waals surface area contributed by atoms with Crippen LogP contribution in [0.2, 0.25) is 0 Å². The molecule has 16 heavy (non-hydrogen) atoms. The Morgan fingerprint density at radius 3 is 2.44 bits per heavy atom. The zero-order valence-electron chi connectivity index (χ0n) is 8.32. The summed E-state index contributed by atoms with van der Waals surface area (Å²) in [7, 11) is 0. The molecule has 1 rings (SSSR count). The summed E-state index contributed by atoms with van der Waals surface area (Å²) in [5, 5.41) is 8.51. The van der Waals surface area contributed by atoms with E-state index in [-0.39, 0.29) is 5.75 Å². The number of carbonyl (C=O) groups is 1. The Balaban J connectivity index is 2.46. The van der Waals surface area contributed by atoms with Gasteiger partial charge in [-0.25, -0.2) is 8.78 Å². The van der Waals surface area contributed by atoms with Crippen LogP contribution in [0.25, 0.3) is 0 Å². The minimum atomic E-state index is -1.09. The van der Waals surface area contributed by atoms with Crippen LogP contribution in [0.15, 0.2) is 18.2 Å². The van der Waals surface area contributed by atoms with Crippen molar-refractivity contribution in [2.45, 2.75) is 11.8 Å². The Bertz CT molecular complexity index is 367. The molecule has 1 aromatic carbocycles.